The first-order valence-corrected chi connectivity index (χ1v) is 7.91. The van der Waals surface area contributed by atoms with E-state index in [4.69, 9.17) is 14.2 Å². The summed E-state index contributed by atoms with van der Waals surface area (Å²) < 4.78 is 15.7. The van der Waals surface area contributed by atoms with Crippen LogP contribution in [-0.2, 0) is 4.79 Å². The van der Waals surface area contributed by atoms with Gasteiger partial charge in [-0.3, -0.25) is 14.9 Å². The van der Waals surface area contributed by atoms with Gasteiger partial charge in [-0.1, -0.05) is 0 Å². The molecule has 28 heavy (non-hydrogen) atoms. The van der Waals surface area contributed by atoms with Crippen LogP contribution in [0.2, 0.25) is 0 Å². The molecule has 1 amide bonds. The Morgan fingerprint density at radius 2 is 1.68 bits per heavy atom. The molecule has 0 aromatic heterocycles. The highest BCUT2D eigenvalue weighted by atomic mass is 16.6. The molecule has 0 atom stereocenters. The zero-order chi connectivity index (χ0) is 20.7. The van der Waals surface area contributed by atoms with E-state index in [0.29, 0.717) is 28.5 Å². The molecule has 0 bridgehead atoms. The molecular weight excluding hydrogens is 366 g/mol. The van der Waals surface area contributed by atoms with Gasteiger partial charge in [-0.2, -0.15) is 5.26 Å². The average Bonchev–Trinajstić information content (AvgIpc) is 2.71. The summed E-state index contributed by atoms with van der Waals surface area (Å²) in [7, 11) is 4.38. The second-order valence-electron chi connectivity index (χ2n) is 5.39. The molecule has 9 nitrogen and oxygen atoms in total. The largest absolute Gasteiger partial charge is 0.493 e. The third kappa shape index (κ3) is 4.56. The number of nitrogens with one attached hydrogen (secondary N) is 1. The Morgan fingerprint density at radius 1 is 1.11 bits per heavy atom. The van der Waals surface area contributed by atoms with Gasteiger partial charge in [0.2, 0.25) is 5.75 Å². The summed E-state index contributed by atoms with van der Waals surface area (Å²) in [6.45, 7) is 0. The number of ether oxygens (including phenoxy) is 3. The van der Waals surface area contributed by atoms with Crippen LogP contribution >= 0.6 is 0 Å². The number of nitrogens with zero attached hydrogens (tertiary/aromatic N) is 2. The first-order valence-electron chi connectivity index (χ1n) is 7.91. The lowest BCUT2D eigenvalue weighted by molar-refractivity contribution is -0.384. The van der Waals surface area contributed by atoms with Crippen LogP contribution in [0.5, 0.6) is 17.2 Å². The predicted octanol–water partition coefficient (Wildman–Crippen LogP) is 3.17. The highest BCUT2D eigenvalue weighted by Gasteiger charge is 2.15. The van der Waals surface area contributed by atoms with Crippen LogP contribution in [0.1, 0.15) is 5.56 Å². The van der Waals surface area contributed by atoms with Gasteiger partial charge in [-0.05, 0) is 35.9 Å². The van der Waals surface area contributed by atoms with E-state index < -0.39 is 10.8 Å². The highest BCUT2D eigenvalue weighted by molar-refractivity contribution is 6.09. The zero-order valence-corrected chi connectivity index (χ0v) is 15.4. The molecule has 1 N–H and O–H groups in total. The van der Waals surface area contributed by atoms with Crippen LogP contribution in [0, 0.1) is 21.4 Å². The van der Waals surface area contributed by atoms with E-state index in [1.54, 1.807) is 12.1 Å². The van der Waals surface area contributed by atoms with Gasteiger partial charge in [0.1, 0.15) is 11.6 Å². The Labute approximate surface area is 160 Å². The number of amides is 1. The van der Waals surface area contributed by atoms with E-state index >= 15 is 0 Å². The molecule has 144 valence electrons. The van der Waals surface area contributed by atoms with Crippen molar-refractivity contribution in [1.29, 1.82) is 5.26 Å². The summed E-state index contributed by atoms with van der Waals surface area (Å²) in [5, 5.41) is 22.5. The minimum Gasteiger partial charge on any atom is -0.493 e. The normalized spacial score (nSPS) is 10.6. The van der Waals surface area contributed by atoms with E-state index in [-0.39, 0.29) is 11.3 Å². The Morgan fingerprint density at radius 3 is 2.11 bits per heavy atom. The molecule has 9 heteroatoms. The van der Waals surface area contributed by atoms with E-state index in [0.717, 1.165) is 0 Å². The van der Waals surface area contributed by atoms with Crippen molar-refractivity contribution in [3.8, 4) is 23.3 Å². The SMILES string of the molecule is COc1cc(C=C(C#N)C(=O)Nc2ccc([N+](=O)[O-])cc2)cc(OC)c1OC. The lowest BCUT2D eigenvalue weighted by atomic mass is 10.1. The number of methoxy groups -OCH3 is 3. The van der Waals surface area contributed by atoms with E-state index in [2.05, 4.69) is 5.32 Å². The Hall–Kier alpha value is -4.06. The molecular formula is C19H17N3O6. The van der Waals surface area contributed by atoms with Gasteiger partial charge in [0.15, 0.2) is 11.5 Å². The van der Waals surface area contributed by atoms with Gasteiger partial charge < -0.3 is 19.5 Å². The fourth-order valence-corrected chi connectivity index (χ4v) is 2.36. The minimum atomic E-state index is -0.662. The molecule has 0 aliphatic carbocycles. The molecule has 2 aromatic rings. The first kappa shape index (κ1) is 20.3. The zero-order valence-electron chi connectivity index (χ0n) is 15.4. The van der Waals surface area contributed by atoms with E-state index in [1.165, 1.54) is 51.7 Å². The summed E-state index contributed by atoms with van der Waals surface area (Å²) in [6.07, 6.45) is 1.37. The van der Waals surface area contributed by atoms with Crippen molar-refractivity contribution in [2.24, 2.45) is 0 Å². The smallest absolute Gasteiger partial charge is 0.269 e. The van der Waals surface area contributed by atoms with Crippen molar-refractivity contribution in [3.05, 3.63) is 57.6 Å². The second-order valence-corrected chi connectivity index (χ2v) is 5.39. The third-order valence-electron chi connectivity index (χ3n) is 3.70. The van der Waals surface area contributed by atoms with Crippen molar-refractivity contribution < 1.29 is 23.9 Å². The molecule has 0 fully saturated rings. The topological polar surface area (TPSA) is 124 Å². The maximum absolute atomic E-state index is 12.4. The van der Waals surface area contributed by atoms with Gasteiger partial charge in [0, 0.05) is 17.8 Å². The Balaban J connectivity index is 2.31. The van der Waals surface area contributed by atoms with Crippen molar-refractivity contribution in [1.82, 2.24) is 0 Å². The van der Waals surface area contributed by atoms with Crippen LogP contribution in [0.4, 0.5) is 11.4 Å². The number of hydrogen-bond donors (Lipinski definition) is 1. The molecule has 0 aliphatic heterocycles. The molecule has 0 aliphatic rings. The van der Waals surface area contributed by atoms with Crippen molar-refractivity contribution in [3.63, 3.8) is 0 Å². The number of rotatable bonds is 7. The minimum absolute atomic E-state index is 0.105. The number of carbonyl (C=O) groups excluding carboxylic acids is 1. The predicted molar refractivity (Wildman–Crippen MR) is 101 cm³/mol. The lowest BCUT2D eigenvalue weighted by Crippen LogP contribution is -2.13. The summed E-state index contributed by atoms with van der Waals surface area (Å²) >= 11 is 0. The summed E-state index contributed by atoms with van der Waals surface area (Å²) in [5.74, 6) is 0.475. The average molecular weight is 383 g/mol. The fraction of sp³-hybridized carbons (Fsp3) is 0.158. The third-order valence-corrected chi connectivity index (χ3v) is 3.70. The molecule has 0 heterocycles. The number of nitro groups is 1. The molecule has 2 rings (SSSR count). The number of carbonyl (C=O) groups is 1. The molecule has 0 radical (unpaired) electrons. The highest BCUT2D eigenvalue weighted by Crippen LogP contribution is 2.38. The van der Waals surface area contributed by atoms with Crippen LogP contribution in [0.15, 0.2) is 42.0 Å². The van der Waals surface area contributed by atoms with Crippen molar-refractivity contribution in [2.45, 2.75) is 0 Å². The number of anilines is 1. The molecule has 0 saturated carbocycles. The molecule has 0 unspecified atom stereocenters. The van der Waals surface area contributed by atoms with Gasteiger partial charge in [0.05, 0.1) is 26.3 Å². The first-order chi connectivity index (χ1) is 13.4. The Kier molecular flexibility index (Phi) is 6.54. The number of nitro benzene ring substituents is 1. The van der Waals surface area contributed by atoms with Gasteiger partial charge in [-0.15, -0.1) is 0 Å². The van der Waals surface area contributed by atoms with Crippen molar-refractivity contribution >= 4 is 23.4 Å². The number of hydrogen-bond acceptors (Lipinski definition) is 7. The molecule has 0 spiro atoms. The number of nitriles is 1. The summed E-state index contributed by atoms with van der Waals surface area (Å²) in [5.41, 5.74) is 0.533. The van der Waals surface area contributed by atoms with Gasteiger partial charge >= 0.3 is 0 Å². The van der Waals surface area contributed by atoms with E-state index in [9.17, 15) is 20.2 Å². The quantitative estimate of drug-likeness (QED) is 0.337. The van der Waals surface area contributed by atoms with Crippen molar-refractivity contribution in [2.75, 3.05) is 26.6 Å². The molecule has 0 saturated heterocycles. The van der Waals surface area contributed by atoms with Crippen LogP contribution in [0.25, 0.3) is 6.08 Å². The monoisotopic (exact) mass is 383 g/mol. The van der Waals surface area contributed by atoms with Gasteiger partial charge in [-0.25, -0.2) is 0 Å². The van der Waals surface area contributed by atoms with Crippen LogP contribution < -0.4 is 19.5 Å². The maximum Gasteiger partial charge on any atom is 0.269 e. The summed E-state index contributed by atoms with van der Waals surface area (Å²) in [6, 6.07) is 10.3. The van der Waals surface area contributed by atoms with Crippen LogP contribution in [-0.4, -0.2) is 32.2 Å². The van der Waals surface area contributed by atoms with Crippen LogP contribution in [0.3, 0.4) is 0 Å². The molecule has 2 aromatic carbocycles. The lowest BCUT2D eigenvalue weighted by Gasteiger charge is -2.13. The Bertz CT molecular complexity index is 936. The summed E-state index contributed by atoms with van der Waals surface area (Å²) in [4.78, 5) is 22.5. The number of benzene rings is 2. The van der Waals surface area contributed by atoms with E-state index in [1.807, 2.05) is 6.07 Å². The maximum atomic E-state index is 12.4. The second kappa shape index (κ2) is 9.05. The van der Waals surface area contributed by atoms with Gasteiger partial charge in [0.25, 0.3) is 11.6 Å². The number of non-ortho nitro benzene ring substituents is 1. The standard InChI is InChI=1S/C19H17N3O6/c1-26-16-9-12(10-17(27-2)18(16)28-3)8-13(11-20)19(23)21-14-4-6-15(7-5-14)22(24)25/h4-10H,1-3H3,(H,21,23). The fourth-order valence-electron chi connectivity index (χ4n) is 2.36.